The molecule has 0 aromatic carbocycles. The Morgan fingerprint density at radius 1 is 1.41 bits per heavy atom. The number of aliphatic hydroxyl groups excluding tert-OH is 1. The van der Waals surface area contributed by atoms with Crippen LogP contribution in [-0.4, -0.2) is 11.2 Å². The van der Waals surface area contributed by atoms with E-state index in [9.17, 15) is 5.11 Å². The summed E-state index contributed by atoms with van der Waals surface area (Å²) in [5.74, 6) is 1.28. The van der Waals surface area contributed by atoms with E-state index in [1.807, 2.05) is 6.92 Å². The lowest BCUT2D eigenvalue weighted by Crippen LogP contribution is -2.06. The van der Waals surface area contributed by atoms with E-state index < -0.39 is 0 Å². The number of rotatable bonds is 5. The van der Waals surface area contributed by atoms with Crippen LogP contribution in [0.1, 0.15) is 60.3 Å². The standard InChI is InChI=1S/C16H28O/c1-11(2)10-13(4)16-8-6-12(3)15(16)9-7-14(5)17/h10-11,14,16-17H,6-9H2,1-5H3/b13-10-/t14-,16-/m1/s1. The summed E-state index contributed by atoms with van der Waals surface area (Å²) in [5, 5.41) is 9.43. The lowest BCUT2D eigenvalue weighted by molar-refractivity contribution is 0.184. The molecule has 0 unspecified atom stereocenters. The Labute approximate surface area is 107 Å². The van der Waals surface area contributed by atoms with Gasteiger partial charge in [0.2, 0.25) is 0 Å². The van der Waals surface area contributed by atoms with Gasteiger partial charge in [0, 0.05) is 5.92 Å². The topological polar surface area (TPSA) is 20.2 Å². The van der Waals surface area contributed by atoms with E-state index in [1.54, 1.807) is 11.1 Å². The predicted molar refractivity (Wildman–Crippen MR) is 74.9 cm³/mol. The van der Waals surface area contributed by atoms with Crippen molar-refractivity contribution in [2.75, 3.05) is 0 Å². The SMILES string of the molecule is CC1=C(CC[C@@H](C)O)[C@@H](/C(C)=C\C(C)C)CC1. The summed E-state index contributed by atoms with van der Waals surface area (Å²) in [5.41, 5.74) is 4.69. The number of hydrogen-bond acceptors (Lipinski definition) is 1. The van der Waals surface area contributed by atoms with Gasteiger partial charge in [-0.3, -0.25) is 0 Å². The highest BCUT2D eigenvalue weighted by molar-refractivity contribution is 5.29. The first-order valence-corrected chi connectivity index (χ1v) is 6.96. The Balaban J connectivity index is 2.73. The van der Waals surface area contributed by atoms with Crippen molar-refractivity contribution in [2.45, 2.75) is 66.4 Å². The van der Waals surface area contributed by atoms with Gasteiger partial charge >= 0.3 is 0 Å². The van der Waals surface area contributed by atoms with Crippen molar-refractivity contribution in [3.63, 3.8) is 0 Å². The van der Waals surface area contributed by atoms with E-state index in [0.29, 0.717) is 11.8 Å². The smallest absolute Gasteiger partial charge is 0.0515 e. The van der Waals surface area contributed by atoms with Crippen molar-refractivity contribution in [1.29, 1.82) is 0 Å². The zero-order chi connectivity index (χ0) is 13.0. The van der Waals surface area contributed by atoms with Crippen molar-refractivity contribution in [3.8, 4) is 0 Å². The Morgan fingerprint density at radius 2 is 2.06 bits per heavy atom. The number of aliphatic hydroxyl groups is 1. The summed E-state index contributed by atoms with van der Waals surface area (Å²) in [6.07, 6.45) is 6.70. The quantitative estimate of drug-likeness (QED) is 0.698. The van der Waals surface area contributed by atoms with E-state index in [-0.39, 0.29) is 6.10 Å². The van der Waals surface area contributed by atoms with E-state index in [1.165, 1.54) is 18.4 Å². The molecule has 1 heteroatoms. The van der Waals surface area contributed by atoms with Gasteiger partial charge in [-0.05, 0) is 52.4 Å². The highest BCUT2D eigenvalue weighted by Crippen LogP contribution is 2.39. The molecule has 1 aliphatic carbocycles. The molecule has 0 saturated heterocycles. The van der Waals surface area contributed by atoms with Gasteiger partial charge < -0.3 is 5.11 Å². The molecule has 0 aliphatic heterocycles. The molecule has 0 heterocycles. The van der Waals surface area contributed by atoms with Crippen LogP contribution >= 0.6 is 0 Å². The molecule has 0 aromatic heterocycles. The largest absolute Gasteiger partial charge is 0.393 e. The number of hydrogen-bond donors (Lipinski definition) is 1. The fourth-order valence-electron chi connectivity index (χ4n) is 2.89. The first-order valence-electron chi connectivity index (χ1n) is 6.96. The fraction of sp³-hybridized carbons (Fsp3) is 0.750. The maximum absolute atomic E-state index is 9.43. The molecule has 0 bridgehead atoms. The normalized spacial score (nSPS) is 23.7. The van der Waals surface area contributed by atoms with Crippen LogP contribution in [0.2, 0.25) is 0 Å². The van der Waals surface area contributed by atoms with Crippen molar-refractivity contribution in [1.82, 2.24) is 0 Å². The van der Waals surface area contributed by atoms with Gasteiger partial charge in [0.05, 0.1) is 6.10 Å². The fourth-order valence-corrected chi connectivity index (χ4v) is 2.89. The predicted octanol–water partition coefficient (Wildman–Crippen LogP) is 4.48. The minimum Gasteiger partial charge on any atom is -0.393 e. The lowest BCUT2D eigenvalue weighted by atomic mass is 9.88. The summed E-state index contributed by atoms with van der Waals surface area (Å²) in [7, 11) is 0. The third-order valence-electron chi connectivity index (χ3n) is 3.75. The van der Waals surface area contributed by atoms with Crippen LogP contribution < -0.4 is 0 Å². The molecule has 98 valence electrons. The average molecular weight is 236 g/mol. The summed E-state index contributed by atoms with van der Waals surface area (Å²) in [6.45, 7) is 10.9. The average Bonchev–Trinajstić information content (AvgIpc) is 2.55. The maximum atomic E-state index is 9.43. The van der Waals surface area contributed by atoms with Crippen molar-refractivity contribution >= 4 is 0 Å². The first kappa shape index (κ1) is 14.5. The van der Waals surface area contributed by atoms with Gasteiger partial charge in [-0.25, -0.2) is 0 Å². The minimum atomic E-state index is -0.175. The van der Waals surface area contributed by atoms with Crippen LogP contribution in [0.25, 0.3) is 0 Å². The zero-order valence-electron chi connectivity index (χ0n) is 12.1. The van der Waals surface area contributed by atoms with E-state index in [0.717, 1.165) is 12.8 Å². The van der Waals surface area contributed by atoms with Gasteiger partial charge in [0.1, 0.15) is 0 Å². The van der Waals surface area contributed by atoms with Crippen LogP contribution in [0.5, 0.6) is 0 Å². The third-order valence-corrected chi connectivity index (χ3v) is 3.75. The van der Waals surface area contributed by atoms with Crippen LogP contribution in [0.15, 0.2) is 22.8 Å². The van der Waals surface area contributed by atoms with Crippen LogP contribution in [0.4, 0.5) is 0 Å². The Morgan fingerprint density at radius 3 is 2.59 bits per heavy atom. The molecule has 2 atom stereocenters. The molecule has 0 saturated carbocycles. The molecule has 0 aromatic rings. The van der Waals surface area contributed by atoms with Crippen molar-refractivity contribution in [2.24, 2.45) is 11.8 Å². The summed E-state index contributed by atoms with van der Waals surface area (Å²) < 4.78 is 0. The number of allylic oxidation sites excluding steroid dienone is 4. The first-order chi connectivity index (χ1) is 7.91. The second-order valence-electron chi connectivity index (χ2n) is 5.94. The van der Waals surface area contributed by atoms with Gasteiger partial charge in [-0.2, -0.15) is 0 Å². The Kier molecular flexibility index (Phi) is 5.45. The maximum Gasteiger partial charge on any atom is 0.0515 e. The Bertz CT molecular complexity index is 307. The molecule has 17 heavy (non-hydrogen) atoms. The van der Waals surface area contributed by atoms with Crippen molar-refractivity contribution < 1.29 is 5.11 Å². The van der Waals surface area contributed by atoms with Gasteiger partial charge in [0.15, 0.2) is 0 Å². The molecular formula is C16H28O. The zero-order valence-corrected chi connectivity index (χ0v) is 12.1. The van der Waals surface area contributed by atoms with Crippen LogP contribution in [0, 0.1) is 11.8 Å². The van der Waals surface area contributed by atoms with E-state index >= 15 is 0 Å². The molecule has 0 spiro atoms. The molecule has 0 radical (unpaired) electrons. The highest BCUT2D eigenvalue weighted by atomic mass is 16.3. The molecule has 1 rings (SSSR count). The molecule has 1 nitrogen and oxygen atoms in total. The van der Waals surface area contributed by atoms with Crippen LogP contribution in [0.3, 0.4) is 0 Å². The Hall–Kier alpha value is -0.560. The van der Waals surface area contributed by atoms with Gasteiger partial charge in [-0.15, -0.1) is 0 Å². The van der Waals surface area contributed by atoms with E-state index in [2.05, 4.69) is 33.8 Å². The summed E-state index contributed by atoms with van der Waals surface area (Å²) >= 11 is 0. The van der Waals surface area contributed by atoms with Crippen molar-refractivity contribution in [3.05, 3.63) is 22.8 Å². The van der Waals surface area contributed by atoms with Gasteiger partial charge in [-0.1, -0.05) is 36.6 Å². The lowest BCUT2D eigenvalue weighted by Gasteiger charge is -2.18. The molecule has 0 amide bonds. The second-order valence-corrected chi connectivity index (χ2v) is 5.94. The highest BCUT2D eigenvalue weighted by Gasteiger charge is 2.24. The van der Waals surface area contributed by atoms with Gasteiger partial charge in [0.25, 0.3) is 0 Å². The summed E-state index contributed by atoms with van der Waals surface area (Å²) in [4.78, 5) is 0. The third kappa shape index (κ3) is 4.31. The molecule has 0 fully saturated rings. The molecular weight excluding hydrogens is 208 g/mol. The van der Waals surface area contributed by atoms with Crippen LogP contribution in [-0.2, 0) is 0 Å². The second kappa shape index (κ2) is 6.39. The van der Waals surface area contributed by atoms with E-state index in [4.69, 9.17) is 0 Å². The minimum absolute atomic E-state index is 0.175. The monoisotopic (exact) mass is 236 g/mol. The molecule has 1 N–H and O–H groups in total. The molecule has 1 aliphatic rings. The summed E-state index contributed by atoms with van der Waals surface area (Å²) in [6, 6.07) is 0.